The second-order valence-electron chi connectivity index (χ2n) is 3.26. The summed E-state index contributed by atoms with van der Waals surface area (Å²) >= 11 is 0. The van der Waals surface area contributed by atoms with E-state index in [0.29, 0.717) is 5.92 Å². The molecule has 2 fully saturated rings. The van der Waals surface area contributed by atoms with Gasteiger partial charge in [-0.15, -0.1) is 0 Å². The number of carbonyl (C=O) groups is 1. The Morgan fingerprint density at radius 1 is 1.20 bits per heavy atom. The lowest BCUT2D eigenvalue weighted by atomic mass is 9.87. The van der Waals surface area contributed by atoms with Gasteiger partial charge in [-0.05, 0) is 12.8 Å². The van der Waals surface area contributed by atoms with Gasteiger partial charge in [0.1, 0.15) is 0 Å². The molecule has 10 heavy (non-hydrogen) atoms. The predicted octanol–water partition coefficient (Wildman–Crippen LogP) is 1.49. The summed E-state index contributed by atoms with van der Waals surface area (Å²) in [5.74, 6) is 0.605. The van der Waals surface area contributed by atoms with E-state index in [2.05, 4.69) is 0 Å². The number of epoxide rings is 1. The third-order valence-corrected chi connectivity index (χ3v) is 2.50. The monoisotopic (exact) mass is 140 g/mol. The number of cyclic esters (lactones) is 1. The van der Waals surface area contributed by atoms with Crippen molar-refractivity contribution in [3.05, 3.63) is 0 Å². The highest BCUT2D eigenvalue weighted by Crippen LogP contribution is 2.34. The first-order valence-electron chi connectivity index (χ1n) is 4.08. The molecule has 0 bridgehead atoms. The van der Waals surface area contributed by atoms with Gasteiger partial charge in [0.05, 0.1) is 0 Å². The Balaban J connectivity index is 1.86. The number of ether oxygens (including phenoxy) is 1. The Hall–Kier alpha value is -0.530. The first-order valence-corrected chi connectivity index (χ1v) is 4.08. The lowest BCUT2D eigenvalue weighted by Crippen LogP contribution is -2.12. The quantitative estimate of drug-likeness (QED) is 0.516. The Bertz CT molecular complexity index is 147. The van der Waals surface area contributed by atoms with Crippen LogP contribution in [0.5, 0.6) is 0 Å². The maximum Gasteiger partial charge on any atom is 0.348 e. The van der Waals surface area contributed by atoms with E-state index in [1.165, 1.54) is 32.1 Å². The molecule has 0 spiro atoms. The second-order valence-corrected chi connectivity index (χ2v) is 3.26. The minimum Gasteiger partial charge on any atom is -0.447 e. The van der Waals surface area contributed by atoms with Crippen molar-refractivity contribution in [2.24, 2.45) is 5.92 Å². The van der Waals surface area contributed by atoms with Crippen LogP contribution in [0.2, 0.25) is 0 Å². The fraction of sp³-hybridized carbons (Fsp3) is 0.875. The Kier molecular flexibility index (Phi) is 1.40. The van der Waals surface area contributed by atoms with Crippen LogP contribution in [0.4, 0.5) is 0 Å². The molecule has 1 heterocycles. The highest BCUT2D eigenvalue weighted by molar-refractivity contribution is 5.87. The largest absolute Gasteiger partial charge is 0.447 e. The predicted molar refractivity (Wildman–Crippen MR) is 36.5 cm³/mol. The molecular weight excluding hydrogens is 128 g/mol. The molecule has 2 rings (SSSR count). The van der Waals surface area contributed by atoms with Crippen molar-refractivity contribution in [2.75, 3.05) is 0 Å². The van der Waals surface area contributed by atoms with Crippen molar-refractivity contribution in [3.8, 4) is 0 Å². The van der Waals surface area contributed by atoms with Crippen molar-refractivity contribution in [1.82, 2.24) is 0 Å². The number of carbonyl (C=O) groups excluding carboxylic acids is 1. The van der Waals surface area contributed by atoms with Gasteiger partial charge >= 0.3 is 5.97 Å². The molecule has 1 aliphatic carbocycles. The summed E-state index contributed by atoms with van der Waals surface area (Å²) in [6.45, 7) is 0. The van der Waals surface area contributed by atoms with E-state index in [4.69, 9.17) is 4.74 Å². The molecule has 0 aromatic carbocycles. The zero-order chi connectivity index (χ0) is 6.97. The van der Waals surface area contributed by atoms with E-state index in [1.54, 1.807) is 0 Å². The van der Waals surface area contributed by atoms with Gasteiger partial charge in [-0.25, -0.2) is 4.79 Å². The molecular formula is C8H12O2. The summed E-state index contributed by atoms with van der Waals surface area (Å²) in [4.78, 5) is 10.6. The van der Waals surface area contributed by atoms with Crippen LogP contribution < -0.4 is 0 Å². The number of hydrogen-bond donors (Lipinski definition) is 0. The van der Waals surface area contributed by atoms with Gasteiger partial charge in [0.15, 0.2) is 0 Å². The Labute approximate surface area is 60.6 Å². The lowest BCUT2D eigenvalue weighted by molar-refractivity contribution is -0.117. The van der Waals surface area contributed by atoms with Crippen LogP contribution in [-0.2, 0) is 9.53 Å². The molecule has 2 nitrogen and oxygen atoms in total. The van der Waals surface area contributed by atoms with E-state index in [0.717, 1.165) is 0 Å². The summed E-state index contributed by atoms with van der Waals surface area (Å²) in [7, 11) is 0. The molecule has 0 N–H and O–H groups in total. The van der Waals surface area contributed by atoms with Crippen LogP contribution in [-0.4, -0.2) is 12.1 Å². The Morgan fingerprint density at radius 3 is 2.30 bits per heavy atom. The number of rotatable bonds is 1. The molecule has 2 aliphatic rings. The molecule has 0 aromatic rings. The fourth-order valence-corrected chi connectivity index (χ4v) is 1.82. The molecule has 1 unspecified atom stereocenters. The average Bonchev–Trinajstić information content (AvgIpc) is 2.69. The van der Waals surface area contributed by atoms with Crippen LogP contribution >= 0.6 is 0 Å². The summed E-state index contributed by atoms with van der Waals surface area (Å²) < 4.78 is 4.82. The maximum absolute atomic E-state index is 10.6. The molecule has 1 atom stereocenters. The first-order chi connectivity index (χ1) is 4.88. The van der Waals surface area contributed by atoms with Gasteiger partial charge in [-0.3, -0.25) is 0 Å². The van der Waals surface area contributed by atoms with E-state index >= 15 is 0 Å². The molecule has 0 amide bonds. The van der Waals surface area contributed by atoms with Crippen molar-refractivity contribution in [2.45, 2.75) is 38.2 Å². The number of hydrogen-bond acceptors (Lipinski definition) is 2. The summed E-state index contributed by atoms with van der Waals surface area (Å²) in [5.41, 5.74) is 0. The van der Waals surface area contributed by atoms with Crippen molar-refractivity contribution >= 4 is 5.97 Å². The standard InChI is InChI=1S/C8H12O2/c9-8-7(10-8)6-4-2-1-3-5-6/h6-7H,1-5H2. The minimum absolute atomic E-state index is 0.0142. The SMILES string of the molecule is O=C1OC1C1CCCCC1. The van der Waals surface area contributed by atoms with E-state index < -0.39 is 0 Å². The van der Waals surface area contributed by atoms with Gasteiger partial charge in [-0.2, -0.15) is 0 Å². The molecule has 2 heteroatoms. The van der Waals surface area contributed by atoms with Crippen molar-refractivity contribution in [3.63, 3.8) is 0 Å². The smallest absolute Gasteiger partial charge is 0.348 e. The van der Waals surface area contributed by atoms with Crippen LogP contribution in [0.25, 0.3) is 0 Å². The highest BCUT2D eigenvalue weighted by atomic mass is 16.6. The third-order valence-electron chi connectivity index (χ3n) is 2.50. The lowest BCUT2D eigenvalue weighted by Gasteiger charge is -2.17. The van der Waals surface area contributed by atoms with E-state index in [1.807, 2.05) is 0 Å². The van der Waals surface area contributed by atoms with E-state index in [9.17, 15) is 4.79 Å². The van der Waals surface area contributed by atoms with Crippen LogP contribution in [0.3, 0.4) is 0 Å². The van der Waals surface area contributed by atoms with E-state index in [-0.39, 0.29) is 12.1 Å². The van der Waals surface area contributed by atoms with Gasteiger partial charge < -0.3 is 4.74 Å². The van der Waals surface area contributed by atoms with Crippen molar-refractivity contribution in [1.29, 1.82) is 0 Å². The van der Waals surface area contributed by atoms with Gasteiger partial charge in [0.2, 0.25) is 6.10 Å². The van der Waals surface area contributed by atoms with Crippen LogP contribution in [0.15, 0.2) is 0 Å². The molecule has 56 valence electrons. The minimum atomic E-state index is 0.0142. The van der Waals surface area contributed by atoms with Gasteiger partial charge in [0.25, 0.3) is 0 Å². The fourth-order valence-electron chi connectivity index (χ4n) is 1.82. The molecule has 1 saturated heterocycles. The molecule has 0 radical (unpaired) electrons. The Morgan fingerprint density at radius 2 is 1.80 bits per heavy atom. The summed E-state index contributed by atoms with van der Waals surface area (Å²) in [6.07, 6.45) is 6.35. The first kappa shape index (κ1) is 6.20. The van der Waals surface area contributed by atoms with Crippen LogP contribution in [0.1, 0.15) is 32.1 Å². The van der Waals surface area contributed by atoms with Gasteiger partial charge in [-0.1, -0.05) is 19.3 Å². The third kappa shape index (κ3) is 1.02. The zero-order valence-electron chi connectivity index (χ0n) is 6.01. The second kappa shape index (κ2) is 2.26. The maximum atomic E-state index is 10.6. The highest BCUT2D eigenvalue weighted by Gasteiger charge is 2.44. The van der Waals surface area contributed by atoms with Gasteiger partial charge in [0, 0.05) is 5.92 Å². The zero-order valence-corrected chi connectivity index (χ0v) is 6.01. The van der Waals surface area contributed by atoms with Crippen LogP contribution in [0, 0.1) is 5.92 Å². The average molecular weight is 140 g/mol. The topological polar surface area (TPSA) is 29.6 Å². The molecule has 1 aliphatic heterocycles. The normalized spacial score (nSPS) is 33.6. The molecule has 0 aromatic heterocycles. The van der Waals surface area contributed by atoms with Crippen molar-refractivity contribution < 1.29 is 9.53 Å². The summed E-state index contributed by atoms with van der Waals surface area (Å²) in [5, 5.41) is 0. The summed E-state index contributed by atoms with van der Waals surface area (Å²) in [6, 6.07) is 0. The molecule has 1 saturated carbocycles.